The van der Waals surface area contributed by atoms with E-state index in [0.29, 0.717) is 33.8 Å². The predicted octanol–water partition coefficient (Wildman–Crippen LogP) is 5.03. The van der Waals surface area contributed by atoms with Gasteiger partial charge in [-0.1, -0.05) is 23.3 Å². The standard InChI is InChI=1S/C30H23BrClNO7/c1-39-22-9-13(10-23(40-2)28(22)36)24-16-7-8-17-25(18(16)11-19-26(24)21(34)12-20(31)27(19)35)30(38)33(29(17)37)15-5-3-14(32)4-6-15/h3-7,9-10,12,17-18,24-25,36H,8,11H2,1-2H3. The van der Waals surface area contributed by atoms with E-state index in [0.717, 1.165) is 5.57 Å². The van der Waals surface area contributed by atoms with Crippen LogP contribution in [0.1, 0.15) is 24.3 Å². The Hall–Kier alpha value is -3.69. The third kappa shape index (κ3) is 3.86. The Morgan fingerprint density at radius 1 is 0.975 bits per heavy atom. The van der Waals surface area contributed by atoms with Crippen LogP contribution in [0.2, 0.25) is 5.02 Å². The van der Waals surface area contributed by atoms with Crippen molar-refractivity contribution in [3.05, 3.63) is 80.3 Å². The van der Waals surface area contributed by atoms with E-state index < -0.39 is 23.7 Å². The average Bonchev–Trinajstić information content (AvgIpc) is 3.21. The Morgan fingerprint density at radius 3 is 2.25 bits per heavy atom. The summed E-state index contributed by atoms with van der Waals surface area (Å²) < 4.78 is 10.9. The Balaban J connectivity index is 1.51. The Morgan fingerprint density at radius 2 is 1.62 bits per heavy atom. The first-order valence-corrected chi connectivity index (χ1v) is 13.8. The van der Waals surface area contributed by atoms with Gasteiger partial charge in [-0.05, 0) is 76.7 Å². The molecule has 3 aliphatic carbocycles. The molecule has 1 aliphatic heterocycles. The van der Waals surface area contributed by atoms with Crippen molar-refractivity contribution < 1.29 is 33.8 Å². The monoisotopic (exact) mass is 623 g/mol. The van der Waals surface area contributed by atoms with Crippen molar-refractivity contribution in [2.45, 2.75) is 18.8 Å². The number of ether oxygens (including phenoxy) is 2. The Bertz CT molecular complexity index is 1580. The minimum absolute atomic E-state index is 0.139. The van der Waals surface area contributed by atoms with E-state index in [4.69, 9.17) is 21.1 Å². The minimum Gasteiger partial charge on any atom is -0.502 e. The third-order valence-corrected chi connectivity index (χ3v) is 9.09. The summed E-state index contributed by atoms with van der Waals surface area (Å²) in [6.07, 6.45) is 3.64. The number of imide groups is 1. The van der Waals surface area contributed by atoms with Crippen molar-refractivity contribution in [2.75, 3.05) is 19.1 Å². The number of hydrogen-bond acceptors (Lipinski definition) is 7. The van der Waals surface area contributed by atoms with Crippen LogP contribution in [0.4, 0.5) is 5.69 Å². The summed E-state index contributed by atoms with van der Waals surface area (Å²) >= 11 is 9.26. The first-order valence-electron chi connectivity index (χ1n) is 12.6. The van der Waals surface area contributed by atoms with Crippen LogP contribution in [-0.2, 0) is 19.2 Å². The largest absolute Gasteiger partial charge is 0.502 e. The molecule has 1 N–H and O–H groups in total. The van der Waals surface area contributed by atoms with E-state index in [2.05, 4.69) is 15.9 Å². The van der Waals surface area contributed by atoms with Gasteiger partial charge in [0.05, 0.1) is 36.2 Å². The molecule has 4 atom stereocenters. The molecular weight excluding hydrogens is 602 g/mol. The van der Waals surface area contributed by atoms with Crippen LogP contribution in [0, 0.1) is 17.8 Å². The highest BCUT2D eigenvalue weighted by atomic mass is 79.9. The number of halogens is 2. The number of aromatic hydroxyl groups is 1. The summed E-state index contributed by atoms with van der Waals surface area (Å²) in [6, 6.07) is 9.73. The van der Waals surface area contributed by atoms with E-state index in [1.165, 1.54) is 25.2 Å². The number of phenolic OH excluding ortho intramolecular Hbond substituents is 1. The molecule has 4 aliphatic rings. The molecule has 8 nitrogen and oxygen atoms in total. The summed E-state index contributed by atoms with van der Waals surface area (Å²) in [5.41, 5.74) is 2.40. The van der Waals surface area contributed by atoms with Crippen molar-refractivity contribution in [1.29, 1.82) is 0 Å². The summed E-state index contributed by atoms with van der Waals surface area (Å²) in [4.78, 5) is 55.5. The van der Waals surface area contributed by atoms with Crippen molar-refractivity contribution in [1.82, 2.24) is 0 Å². The highest BCUT2D eigenvalue weighted by molar-refractivity contribution is 9.12. The molecule has 10 heteroatoms. The lowest BCUT2D eigenvalue weighted by molar-refractivity contribution is -0.123. The van der Waals surface area contributed by atoms with Crippen molar-refractivity contribution in [3.63, 3.8) is 0 Å². The van der Waals surface area contributed by atoms with Crippen LogP contribution in [0.25, 0.3) is 0 Å². The minimum atomic E-state index is -0.715. The van der Waals surface area contributed by atoms with Gasteiger partial charge < -0.3 is 14.6 Å². The molecule has 40 heavy (non-hydrogen) atoms. The number of nitrogens with zero attached hydrogens (tertiary/aromatic N) is 1. The number of rotatable bonds is 4. The van der Waals surface area contributed by atoms with Crippen molar-refractivity contribution in [2.24, 2.45) is 17.8 Å². The average molecular weight is 625 g/mol. The fourth-order valence-electron chi connectivity index (χ4n) is 6.51. The van der Waals surface area contributed by atoms with Gasteiger partial charge in [0.2, 0.25) is 17.6 Å². The van der Waals surface area contributed by atoms with Gasteiger partial charge in [0, 0.05) is 28.2 Å². The van der Waals surface area contributed by atoms with Gasteiger partial charge in [0.1, 0.15) is 0 Å². The van der Waals surface area contributed by atoms with Crippen molar-refractivity contribution in [3.8, 4) is 17.2 Å². The predicted molar refractivity (Wildman–Crippen MR) is 150 cm³/mol. The molecular formula is C30H23BrClNO7. The van der Waals surface area contributed by atoms with E-state index in [-0.39, 0.29) is 51.5 Å². The van der Waals surface area contributed by atoms with Crippen LogP contribution in [0.15, 0.2) is 69.8 Å². The van der Waals surface area contributed by atoms with Crippen LogP contribution in [0.5, 0.6) is 17.2 Å². The number of Topliss-reactive ketones (excluding diaryl/α,β-unsaturated/α-hetero) is 1. The number of phenols is 1. The zero-order valence-electron chi connectivity index (χ0n) is 21.4. The normalized spacial score (nSPS) is 25.8. The van der Waals surface area contributed by atoms with Gasteiger partial charge in [-0.25, -0.2) is 0 Å². The second kappa shape index (κ2) is 9.74. The zero-order chi connectivity index (χ0) is 28.5. The van der Waals surface area contributed by atoms with Gasteiger partial charge >= 0.3 is 0 Å². The number of benzene rings is 2. The first kappa shape index (κ1) is 26.5. The number of carbonyl (C=O) groups excluding carboxylic acids is 4. The highest BCUT2D eigenvalue weighted by Gasteiger charge is 2.56. The number of allylic oxidation sites excluding steroid dienone is 6. The lowest BCUT2D eigenvalue weighted by atomic mass is 9.59. The third-order valence-electron chi connectivity index (χ3n) is 8.25. The molecule has 1 fully saturated rings. The molecule has 0 radical (unpaired) electrons. The number of carbonyl (C=O) groups is 4. The molecule has 2 amide bonds. The number of ketones is 2. The maximum absolute atomic E-state index is 13.9. The summed E-state index contributed by atoms with van der Waals surface area (Å²) in [7, 11) is 2.81. The first-order chi connectivity index (χ1) is 19.2. The molecule has 0 bridgehead atoms. The summed E-state index contributed by atoms with van der Waals surface area (Å²) in [6.45, 7) is 0. The van der Waals surface area contributed by atoms with E-state index in [1.54, 1.807) is 36.4 Å². The van der Waals surface area contributed by atoms with Gasteiger partial charge in [-0.3, -0.25) is 24.1 Å². The topological polar surface area (TPSA) is 110 Å². The number of anilines is 1. The summed E-state index contributed by atoms with van der Waals surface area (Å²) in [5.74, 6) is -3.75. The molecule has 1 saturated heterocycles. The lowest BCUT2D eigenvalue weighted by Crippen LogP contribution is -2.39. The SMILES string of the molecule is COc1cc(C2C3=CCC4C(=O)N(c5ccc(Cl)cc5)C(=O)C4C3CC3=C2C(=O)C=C(Br)C3=O)cc(OC)c1O. The van der Waals surface area contributed by atoms with Crippen LogP contribution in [0.3, 0.4) is 0 Å². The lowest BCUT2D eigenvalue weighted by Gasteiger charge is -2.42. The molecule has 1 heterocycles. The van der Waals surface area contributed by atoms with E-state index >= 15 is 0 Å². The number of fused-ring (bicyclic) bond motifs is 3. The van der Waals surface area contributed by atoms with E-state index in [1.807, 2.05) is 6.08 Å². The Labute approximate surface area is 243 Å². The van der Waals surface area contributed by atoms with Crippen LogP contribution >= 0.6 is 27.5 Å². The molecule has 204 valence electrons. The molecule has 4 unspecified atom stereocenters. The fraction of sp³-hybridized carbons (Fsp3) is 0.267. The Kier molecular flexibility index (Phi) is 6.46. The molecule has 0 aromatic heterocycles. The molecule has 2 aromatic carbocycles. The number of methoxy groups -OCH3 is 2. The van der Waals surface area contributed by atoms with Crippen LogP contribution in [-0.4, -0.2) is 42.7 Å². The van der Waals surface area contributed by atoms with Gasteiger partial charge in [-0.2, -0.15) is 0 Å². The zero-order valence-corrected chi connectivity index (χ0v) is 23.8. The molecule has 6 rings (SSSR count). The highest BCUT2D eigenvalue weighted by Crippen LogP contribution is 2.56. The maximum atomic E-state index is 13.9. The molecule has 0 saturated carbocycles. The fourth-order valence-corrected chi connectivity index (χ4v) is 7.08. The van der Waals surface area contributed by atoms with E-state index in [9.17, 15) is 24.3 Å². The van der Waals surface area contributed by atoms with Gasteiger partial charge in [0.25, 0.3) is 0 Å². The second-order valence-corrected chi connectivity index (χ2v) is 11.4. The number of hydrogen-bond donors (Lipinski definition) is 1. The van der Waals surface area contributed by atoms with Crippen molar-refractivity contribution >= 4 is 56.6 Å². The smallest absolute Gasteiger partial charge is 0.238 e. The van der Waals surface area contributed by atoms with Gasteiger partial charge in [-0.15, -0.1) is 0 Å². The van der Waals surface area contributed by atoms with Gasteiger partial charge in [0.15, 0.2) is 23.1 Å². The number of amides is 2. The summed E-state index contributed by atoms with van der Waals surface area (Å²) in [5, 5.41) is 11.0. The molecule has 0 spiro atoms. The molecule has 2 aromatic rings. The second-order valence-electron chi connectivity index (χ2n) is 10.2. The maximum Gasteiger partial charge on any atom is 0.238 e. The van der Waals surface area contributed by atoms with Crippen LogP contribution < -0.4 is 14.4 Å². The quantitative estimate of drug-likeness (QED) is 0.289.